The molecule has 0 fully saturated rings. The minimum absolute atomic E-state index is 0.0167. The fourth-order valence-electron chi connectivity index (χ4n) is 2.34. The molecule has 0 aliphatic rings. The zero-order valence-corrected chi connectivity index (χ0v) is 14.4. The van der Waals surface area contributed by atoms with Gasteiger partial charge in [-0.3, -0.25) is 4.79 Å². The first-order chi connectivity index (χ1) is 12.3. The van der Waals surface area contributed by atoms with Gasteiger partial charge in [0.05, 0.1) is 5.56 Å². The minimum Gasteiger partial charge on any atom is -0.384 e. The van der Waals surface area contributed by atoms with Crippen molar-refractivity contribution in [1.82, 2.24) is 5.32 Å². The van der Waals surface area contributed by atoms with Gasteiger partial charge in [0.2, 0.25) is 5.91 Å². The molecule has 0 spiro atoms. The van der Waals surface area contributed by atoms with Gasteiger partial charge < -0.3 is 10.6 Å². The van der Waals surface area contributed by atoms with E-state index in [4.69, 9.17) is 11.6 Å². The maximum Gasteiger partial charge on any atom is 0.418 e. The van der Waals surface area contributed by atoms with Gasteiger partial charge in [0.15, 0.2) is 0 Å². The van der Waals surface area contributed by atoms with Crippen molar-refractivity contribution in [2.75, 3.05) is 18.4 Å². The van der Waals surface area contributed by atoms with Crippen molar-refractivity contribution in [2.45, 2.75) is 19.0 Å². The van der Waals surface area contributed by atoms with Crippen molar-refractivity contribution in [3.05, 3.63) is 64.4 Å². The first-order valence-electron chi connectivity index (χ1n) is 7.88. The Kier molecular flexibility index (Phi) is 6.85. The first kappa shape index (κ1) is 20.0. The Morgan fingerprint density at radius 3 is 2.50 bits per heavy atom. The Labute approximate surface area is 153 Å². The number of halogens is 5. The van der Waals surface area contributed by atoms with Crippen LogP contribution in [0.3, 0.4) is 0 Å². The van der Waals surface area contributed by atoms with E-state index in [-0.39, 0.29) is 41.9 Å². The van der Waals surface area contributed by atoms with Crippen LogP contribution in [0.4, 0.5) is 23.2 Å². The van der Waals surface area contributed by atoms with Crippen LogP contribution in [0.5, 0.6) is 0 Å². The van der Waals surface area contributed by atoms with E-state index in [1.54, 1.807) is 18.2 Å². The van der Waals surface area contributed by atoms with E-state index >= 15 is 0 Å². The van der Waals surface area contributed by atoms with E-state index in [1.807, 2.05) is 0 Å². The molecule has 1 amide bonds. The number of hydrogen-bond acceptors (Lipinski definition) is 2. The van der Waals surface area contributed by atoms with Crippen LogP contribution >= 0.6 is 11.6 Å². The summed E-state index contributed by atoms with van der Waals surface area (Å²) in [6, 6.07) is 9.64. The van der Waals surface area contributed by atoms with Crippen LogP contribution in [-0.4, -0.2) is 19.0 Å². The maximum atomic E-state index is 13.4. The molecule has 140 valence electrons. The van der Waals surface area contributed by atoms with E-state index in [1.165, 1.54) is 18.2 Å². The fourth-order valence-corrected chi connectivity index (χ4v) is 2.51. The molecule has 0 radical (unpaired) electrons. The van der Waals surface area contributed by atoms with E-state index in [0.717, 1.165) is 6.07 Å². The van der Waals surface area contributed by atoms with Gasteiger partial charge in [-0.15, -0.1) is 0 Å². The van der Waals surface area contributed by atoms with Crippen molar-refractivity contribution in [3.8, 4) is 0 Å². The number of carbonyl (C=O) groups excluding carboxylic acids is 1. The summed E-state index contributed by atoms with van der Waals surface area (Å²) < 4.78 is 52.3. The van der Waals surface area contributed by atoms with Crippen LogP contribution in [0.2, 0.25) is 5.02 Å². The summed E-state index contributed by atoms with van der Waals surface area (Å²) in [7, 11) is 0. The van der Waals surface area contributed by atoms with Crippen molar-refractivity contribution < 1.29 is 22.4 Å². The molecule has 0 aliphatic heterocycles. The second kappa shape index (κ2) is 8.89. The predicted molar refractivity (Wildman–Crippen MR) is 92.7 cm³/mol. The van der Waals surface area contributed by atoms with Crippen molar-refractivity contribution >= 4 is 23.2 Å². The van der Waals surface area contributed by atoms with Crippen LogP contribution < -0.4 is 10.6 Å². The second-order valence-electron chi connectivity index (χ2n) is 5.56. The van der Waals surface area contributed by atoms with Gasteiger partial charge in [-0.05, 0) is 36.2 Å². The van der Waals surface area contributed by atoms with Crippen LogP contribution in [-0.2, 0) is 17.4 Å². The summed E-state index contributed by atoms with van der Waals surface area (Å²) in [5.74, 6) is -0.679. The minimum atomic E-state index is -4.55. The van der Waals surface area contributed by atoms with Gasteiger partial charge in [-0.2, -0.15) is 13.2 Å². The van der Waals surface area contributed by atoms with Gasteiger partial charge in [-0.1, -0.05) is 29.8 Å². The highest BCUT2D eigenvalue weighted by Crippen LogP contribution is 2.36. The molecule has 3 nitrogen and oxygen atoms in total. The highest BCUT2D eigenvalue weighted by molar-refractivity contribution is 6.30. The van der Waals surface area contributed by atoms with Crippen LogP contribution in [0.15, 0.2) is 42.5 Å². The average Bonchev–Trinajstić information content (AvgIpc) is 2.57. The summed E-state index contributed by atoms with van der Waals surface area (Å²) in [5.41, 5.74) is -0.534. The number of carbonyl (C=O) groups is 1. The van der Waals surface area contributed by atoms with Crippen molar-refractivity contribution in [2.24, 2.45) is 0 Å². The van der Waals surface area contributed by atoms with Gasteiger partial charge in [0.1, 0.15) is 5.82 Å². The van der Waals surface area contributed by atoms with Crippen molar-refractivity contribution in [1.29, 1.82) is 0 Å². The third-order valence-electron chi connectivity index (χ3n) is 3.63. The summed E-state index contributed by atoms with van der Waals surface area (Å²) >= 11 is 5.61. The lowest BCUT2D eigenvalue weighted by Gasteiger charge is -2.15. The highest BCUT2D eigenvalue weighted by atomic mass is 35.5. The third kappa shape index (κ3) is 5.91. The molecule has 0 bridgehead atoms. The molecule has 8 heteroatoms. The van der Waals surface area contributed by atoms with E-state index < -0.39 is 11.7 Å². The Morgan fingerprint density at radius 1 is 1.08 bits per heavy atom. The molecule has 2 aromatic carbocycles. The zero-order chi connectivity index (χ0) is 19.2. The molecule has 0 aromatic heterocycles. The molecule has 0 saturated carbocycles. The standard InChI is InChI=1S/C18H17ClF4N2O/c19-13-5-6-16(14(11-13)18(21,22)23)24-10-8-17(26)25-9-7-12-3-1-2-4-15(12)20/h1-6,11,24H,7-10H2,(H,25,26). The van der Waals surface area contributed by atoms with Gasteiger partial charge in [0, 0.05) is 30.2 Å². The lowest BCUT2D eigenvalue weighted by molar-refractivity contribution is -0.137. The fraction of sp³-hybridized carbons (Fsp3) is 0.278. The normalized spacial score (nSPS) is 11.3. The second-order valence-corrected chi connectivity index (χ2v) is 5.99. The van der Waals surface area contributed by atoms with Crippen molar-refractivity contribution in [3.63, 3.8) is 0 Å². The molecule has 2 N–H and O–H groups in total. The third-order valence-corrected chi connectivity index (χ3v) is 3.86. The van der Waals surface area contributed by atoms with E-state index in [0.29, 0.717) is 12.0 Å². The molecule has 0 atom stereocenters. The SMILES string of the molecule is O=C(CCNc1ccc(Cl)cc1C(F)(F)F)NCCc1ccccc1F. The number of amides is 1. The van der Waals surface area contributed by atoms with Crippen LogP contribution in [0.1, 0.15) is 17.5 Å². The van der Waals surface area contributed by atoms with E-state index in [2.05, 4.69) is 10.6 Å². The molecule has 0 unspecified atom stereocenters. The molecule has 0 aliphatic carbocycles. The number of anilines is 1. The Hall–Kier alpha value is -2.28. The Balaban J connectivity index is 1.79. The molecule has 26 heavy (non-hydrogen) atoms. The Bertz CT molecular complexity index is 765. The molecular weight excluding hydrogens is 372 g/mol. The number of rotatable bonds is 7. The molecule has 0 saturated heterocycles. The summed E-state index contributed by atoms with van der Waals surface area (Å²) in [6.07, 6.45) is -4.23. The average molecular weight is 389 g/mol. The molecule has 2 rings (SSSR count). The largest absolute Gasteiger partial charge is 0.418 e. The van der Waals surface area contributed by atoms with Crippen LogP contribution in [0.25, 0.3) is 0 Å². The van der Waals surface area contributed by atoms with Crippen LogP contribution in [0, 0.1) is 5.82 Å². The monoisotopic (exact) mass is 388 g/mol. The lowest BCUT2D eigenvalue weighted by Crippen LogP contribution is -2.27. The zero-order valence-electron chi connectivity index (χ0n) is 13.7. The maximum absolute atomic E-state index is 13.4. The molecular formula is C18H17ClF4N2O. The topological polar surface area (TPSA) is 41.1 Å². The summed E-state index contributed by atoms with van der Waals surface area (Å²) in [6.45, 7) is 0.269. The smallest absolute Gasteiger partial charge is 0.384 e. The van der Waals surface area contributed by atoms with Gasteiger partial charge >= 0.3 is 6.18 Å². The summed E-state index contributed by atoms with van der Waals surface area (Å²) in [5, 5.41) is 5.19. The number of benzene rings is 2. The lowest BCUT2D eigenvalue weighted by atomic mass is 10.1. The molecule has 2 aromatic rings. The predicted octanol–water partition coefficient (Wildman–Crippen LogP) is 4.66. The first-order valence-corrected chi connectivity index (χ1v) is 8.26. The van der Waals surface area contributed by atoms with Gasteiger partial charge in [0.25, 0.3) is 0 Å². The Morgan fingerprint density at radius 2 is 1.81 bits per heavy atom. The van der Waals surface area contributed by atoms with Gasteiger partial charge in [-0.25, -0.2) is 4.39 Å². The number of hydrogen-bond donors (Lipinski definition) is 2. The summed E-state index contributed by atoms with van der Waals surface area (Å²) in [4.78, 5) is 11.8. The highest BCUT2D eigenvalue weighted by Gasteiger charge is 2.33. The number of nitrogens with one attached hydrogen (secondary N) is 2. The molecule has 0 heterocycles. The van der Waals surface area contributed by atoms with E-state index in [9.17, 15) is 22.4 Å². The quantitative estimate of drug-likeness (QED) is 0.677. The number of alkyl halides is 3.